The molecule has 0 amide bonds. The molecule has 1 saturated carbocycles. The summed E-state index contributed by atoms with van der Waals surface area (Å²) in [6.07, 6.45) is 5.14. The summed E-state index contributed by atoms with van der Waals surface area (Å²) in [5.41, 5.74) is 2.05. The Hall–Kier alpha value is -0.163. The SMILES string of the molecule is CC1=C2[C@@H](CC1)[C@]1(C)O[C@@](C3CC3)(C[C@H]1O[Si](C)(C)C(C)(C)C)[C@H]2O. The fraction of sp³-hybridized carbons (Fsp3) is 0.905. The minimum absolute atomic E-state index is 0.108. The summed E-state index contributed by atoms with van der Waals surface area (Å²) in [5, 5.41) is 11.6. The molecule has 142 valence electrons. The molecular weight excluding hydrogens is 328 g/mol. The monoisotopic (exact) mass is 364 g/mol. The average Bonchev–Trinajstić information content (AvgIpc) is 3.20. The normalized spacial score (nSPS) is 44.4. The maximum atomic E-state index is 11.4. The Bertz CT molecular complexity index is 615. The van der Waals surface area contributed by atoms with Crippen LogP contribution in [0.2, 0.25) is 18.1 Å². The largest absolute Gasteiger partial charge is 0.411 e. The minimum atomic E-state index is -1.88. The molecule has 0 aromatic heterocycles. The molecule has 0 aromatic rings. The van der Waals surface area contributed by atoms with Crippen molar-refractivity contribution in [2.75, 3.05) is 0 Å². The molecule has 0 unspecified atom stereocenters. The maximum Gasteiger partial charge on any atom is 0.192 e. The number of hydrogen-bond acceptors (Lipinski definition) is 3. The van der Waals surface area contributed by atoms with E-state index in [-0.39, 0.29) is 22.3 Å². The first-order valence-corrected chi connectivity index (χ1v) is 13.1. The number of aliphatic hydroxyl groups excluding tert-OH is 1. The van der Waals surface area contributed by atoms with Crippen molar-refractivity contribution < 1.29 is 14.3 Å². The summed E-state index contributed by atoms with van der Waals surface area (Å²) in [6, 6.07) is 0. The Balaban J connectivity index is 1.74. The van der Waals surface area contributed by atoms with E-state index in [9.17, 15) is 5.11 Å². The molecule has 2 aliphatic heterocycles. The van der Waals surface area contributed by atoms with Crippen LogP contribution in [0.1, 0.15) is 66.7 Å². The predicted molar refractivity (Wildman–Crippen MR) is 103 cm³/mol. The van der Waals surface area contributed by atoms with E-state index in [1.807, 2.05) is 0 Å². The predicted octanol–water partition coefficient (Wildman–Crippen LogP) is 4.81. The Morgan fingerprint density at radius 1 is 1.20 bits per heavy atom. The molecule has 0 aromatic carbocycles. The van der Waals surface area contributed by atoms with Crippen LogP contribution >= 0.6 is 0 Å². The zero-order valence-electron chi connectivity index (χ0n) is 17.1. The lowest BCUT2D eigenvalue weighted by atomic mass is 9.76. The summed E-state index contributed by atoms with van der Waals surface area (Å²) >= 11 is 0. The highest BCUT2D eigenvalue weighted by Gasteiger charge is 2.71. The van der Waals surface area contributed by atoms with E-state index in [1.54, 1.807) is 0 Å². The van der Waals surface area contributed by atoms with Crippen molar-refractivity contribution in [3.8, 4) is 0 Å². The molecule has 4 heteroatoms. The molecular formula is C21H36O3Si. The van der Waals surface area contributed by atoms with E-state index in [2.05, 4.69) is 47.7 Å². The highest BCUT2D eigenvalue weighted by Crippen LogP contribution is 2.64. The summed E-state index contributed by atoms with van der Waals surface area (Å²) in [6.45, 7) is 16.1. The molecule has 2 aliphatic carbocycles. The lowest BCUT2D eigenvalue weighted by Crippen LogP contribution is -2.57. The molecule has 2 saturated heterocycles. The van der Waals surface area contributed by atoms with Crippen LogP contribution in [0.25, 0.3) is 0 Å². The fourth-order valence-corrected chi connectivity index (χ4v) is 6.83. The van der Waals surface area contributed by atoms with Gasteiger partial charge in [0, 0.05) is 12.3 Å². The Morgan fingerprint density at radius 2 is 1.84 bits per heavy atom. The fourth-order valence-electron chi connectivity index (χ4n) is 5.45. The van der Waals surface area contributed by atoms with Crippen molar-refractivity contribution >= 4 is 8.32 Å². The van der Waals surface area contributed by atoms with E-state index in [0.29, 0.717) is 11.8 Å². The maximum absolute atomic E-state index is 11.4. The van der Waals surface area contributed by atoms with Gasteiger partial charge in [0.2, 0.25) is 0 Å². The van der Waals surface area contributed by atoms with E-state index >= 15 is 0 Å². The molecule has 0 spiro atoms. The van der Waals surface area contributed by atoms with E-state index in [4.69, 9.17) is 9.16 Å². The van der Waals surface area contributed by atoms with Gasteiger partial charge in [-0.25, -0.2) is 0 Å². The number of rotatable bonds is 3. The van der Waals surface area contributed by atoms with Crippen molar-refractivity contribution in [3.05, 3.63) is 11.1 Å². The summed E-state index contributed by atoms with van der Waals surface area (Å²) in [5.74, 6) is 0.836. The average molecular weight is 365 g/mol. The molecule has 1 N–H and O–H groups in total. The van der Waals surface area contributed by atoms with Gasteiger partial charge in [-0.15, -0.1) is 0 Å². The third-order valence-electron chi connectivity index (χ3n) is 8.19. The topological polar surface area (TPSA) is 38.7 Å². The number of allylic oxidation sites excluding steroid dienone is 1. The molecule has 4 aliphatic rings. The molecule has 5 atom stereocenters. The molecule has 4 rings (SSSR count). The van der Waals surface area contributed by atoms with Gasteiger partial charge in [0.05, 0.1) is 11.7 Å². The first-order chi connectivity index (χ1) is 11.4. The molecule has 3 fully saturated rings. The van der Waals surface area contributed by atoms with E-state index in [0.717, 1.165) is 19.3 Å². The van der Waals surface area contributed by atoms with Gasteiger partial charge < -0.3 is 14.3 Å². The molecule has 2 heterocycles. The zero-order chi connectivity index (χ0) is 18.4. The third kappa shape index (κ3) is 2.40. The number of ether oxygens (including phenoxy) is 1. The van der Waals surface area contributed by atoms with Crippen LogP contribution in [0.15, 0.2) is 11.1 Å². The molecule has 2 bridgehead atoms. The van der Waals surface area contributed by atoms with Crippen LogP contribution in [0.5, 0.6) is 0 Å². The van der Waals surface area contributed by atoms with Gasteiger partial charge >= 0.3 is 0 Å². The lowest BCUT2D eigenvalue weighted by Gasteiger charge is -2.49. The van der Waals surface area contributed by atoms with Crippen molar-refractivity contribution in [2.24, 2.45) is 11.8 Å². The summed E-state index contributed by atoms with van der Waals surface area (Å²) in [4.78, 5) is 0. The van der Waals surface area contributed by atoms with Crippen LogP contribution in [0.4, 0.5) is 0 Å². The smallest absolute Gasteiger partial charge is 0.192 e. The third-order valence-corrected chi connectivity index (χ3v) is 12.7. The van der Waals surface area contributed by atoms with Crippen molar-refractivity contribution in [1.82, 2.24) is 0 Å². The first-order valence-electron chi connectivity index (χ1n) is 10.2. The van der Waals surface area contributed by atoms with Crippen LogP contribution in [-0.4, -0.2) is 36.8 Å². The molecule has 0 radical (unpaired) electrons. The van der Waals surface area contributed by atoms with Gasteiger partial charge in [-0.1, -0.05) is 26.3 Å². The quantitative estimate of drug-likeness (QED) is 0.577. The molecule has 25 heavy (non-hydrogen) atoms. The second-order valence-corrected chi connectivity index (χ2v) is 15.6. The lowest BCUT2D eigenvalue weighted by molar-refractivity contribution is -0.203. The van der Waals surface area contributed by atoms with Crippen molar-refractivity contribution in [3.63, 3.8) is 0 Å². The van der Waals surface area contributed by atoms with E-state index < -0.39 is 14.4 Å². The number of aliphatic hydroxyl groups is 1. The van der Waals surface area contributed by atoms with Crippen molar-refractivity contribution in [2.45, 2.75) is 108 Å². The highest BCUT2D eigenvalue weighted by molar-refractivity contribution is 6.74. The minimum Gasteiger partial charge on any atom is -0.411 e. The van der Waals surface area contributed by atoms with Crippen molar-refractivity contribution in [1.29, 1.82) is 0 Å². The second-order valence-electron chi connectivity index (χ2n) is 10.8. The van der Waals surface area contributed by atoms with Gasteiger partial charge in [-0.05, 0) is 69.2 Å². The molecule has 3 nitrogen and oxygen atoms in total. The second kappa shape index (κ2) is 5.21. The standard InChI is InChI=1S/C21H36O3Si/c1-13-8-11-15-17(13)18(22)21(14-9-10-14)12-16(20(15,5)24-21)23-25(6,7)19(2,3)4/h14-16,18,22H,8-12H2,1-7H3/t15-,16-,18+,20+,21-/m1/s1. The van der Waals surface area contributed by atoms with E-state index in [1.165, 1.54) is 24.0 Å². The summed E-state index contributed by atoms with van der Waals surface area (Å²) < 4.78 is 13.8. The zero-order valence-corrected chi connectivity index (χ0v) is 18.1. The van der Waals surface area contributed by atoms with Gasteiger partial charge in [-0.3, -0.25) is 0 Å². The van der Waals surface area contributed by atoms with Gasteiger partial charge in [-0.2, -0.15) is 0 Å². The number of fused-ring (bicyclic) bond motifs is 4. The Morgan fingerprint density at radius 3 is 2.40 bits per heavy atom. The first kappa shape index (κ1) is 18.2. The Labute approximate surface area is 154 Å². The van der Waals surface area contributed by atoms with Crippen LogP contribution in [0, 0.1) is 11.8 Å². The summed E-state index contributed by atoms with van der Waals surface area (Å²) in [7, 11) is -1.88. The van der Waals surface area contributed by atoms with Crippen LogP contribution in [0.3, 0.4) is 0 Å². The Kier molecular flexibility index (Phi) is 3.80. The number of hydrogen-bond donors (Lipinski definition) is 1. The van der Waals surface area contributed by atoms with Gasteiger partial charge in [0.15, 0.2) is 8.32 Å². The van der Waals surface area contributed by atoms with Crippen LogP contribution in [-0.2, 0) is 9.16 Å². The van der Waals surface area contributed by atoms with Gasteiger partial charge in [0.25, 0.3) is 0 Å². The van der Waals surface area contributed by atoms with Gasteiger partial charge in [0.1, 0.15) is 11.7 Å². The highest BCUT2D eigenvalue weighted by atomic mass is 28.4. The van der Waals surface area contributed by atoms with Crippen LogP contribution < -0.4 is 0 Å².